The maximum absolute atomic E-state index is 13.7. The van der Waals surface area contributed by atoms with Crippen molar-refractivity contribution in [1.29, 1.82) is 0 Å². The standard InChI is InChI=1S/C21H20F2N6OS/c1-4-31-15-7-12(17-27-20(30-28-17)11-5-6-11)9-24-16(15)19-26-14-8-13(21(2,22)23)10-25-18(14)29(19)3/h7-11H,4-6H2,1-3H3. The molecule has 7 nitrogen and oxygen atoms in total. The zero-order valence-electron chi connectivity index (χ0n) is 17.3. The van der Waals surface area contributed by atoms with Crippen molar-refractivity contribution in [1.82, 2.24) is 29.7 Å². The molecular weight excluding hydrogens is 422 g/mol. The van der Waals surface area contributed by atoms with E-state index in [4.69, 9.17) is 4.52 Å². The van der Waals surface area contributed by atoms with E-state index in [0.717, 1.165) is 36.0 Å². The van der Waals surface area contributed by atoms with Crippen LogP contribution in [0.3, 0.4) is 0 Å². The monoisotopic (exact) mass is 442 g/mol. The lowest BCUT2D eigenvalue weighted by molar-refractivity contribution is 0.0172. The Morgan fingerprint density at radius 2 is 2.00 bits per heavy atom. The molecule has 10 heteroatoms. The molecule has 1 saturated carbocycles. The highest BCUT2D eigenvalue weighted by atomic mass is 32.2. The highest BCUT2D eigenvalue weighted by Crippen LogP contribution is 2.40. The number of thioether (sulfide) groups is 1. The van der Waals surface area contributed by atoms with Gasteiger partial charge in [-0.25, -0.2) is 18.7 Å². The SMILES string of the molecule is CCSc1cc(-c2noc(C3CC3)n2)cnc1-c1nc2cc(C(C)(F)F)cnc2n1C. The van der Waals surface area contributed by atoms with Crippen LogP contribution < -0.4 is 0 Å². The van der Waals surface area contributed by atoms with Crippen molar-refractivity contribution in [3.63, 3.8) is 0 Å². The van der Waals surface area contributed by atoms with Crippen LogP contribution in [0.25, 0.3) is 34.1 Å². The van der Waals surface area contributed by atoms with Crippen molar-refractivity contribution in [2.45, 2.75) is 43.4 Å². The number of aryl methyl sites for hydroxylation is 1. The highest BCUT2D eigenvalue weighted by Gasteiger charge is 2.30. The van der Waals surface area contributed by atoms with Crippen molar-refractivity contribution < 1.29 is 13.3 Å². The summed E-state index contributed by atoms with van der Waals surface area (Å²) >= 11 is 1.61. The molecule has 5 rings (SSSR count). The third-order valence-electron chi connectivity index (χ3n) is 5.21. The normalized spacial score (nSPS) is 14.5. The average Bonchev–Trinajstić information content (AvgIpc) is 3.38. The molecule has 4 aromatic rings. The Morgan fingerprint density at radius 3 is 2.71 bits per heavy atom. The summed E-state index contributed by atoms with van der Waals surface area (Å²) < 4.78 is 34.6. The molecule has 0 unspecified atom stereocenters. The summed E-state index contributed by atoms with van der Waals surface area (Å²) in [5, 5.41) is 4.10. The third kappa shape index (κ3) is 3.69. The van der Waals surface area contributed by atoms with Crippen LogP contribution in [0.1, 0.15) is 44.1 Å². The van der Waals surface area contributed by atoms with E-state index in [1.54, 1.807) is 29.6 Å². The fourth-order valence-electron chi connectivity index (χ4n) is 3.38. The minimum Gasteiger partial charge on any atom is -0.339 e. The van der Waals surface area contributed by atoms with Gasteiger partial charge in [-0.2, -0.15) is 4.98 Å². The Kier molecular flexibility index (Phi) is 4.76. The first-order chi connectivity index (χ1) is 14.8. The molecule has 0 amide bonds. The van der Waals surface area contributed by atoms with Crippen molar-refractivity contribution in [3.8, 4) is 22.9 Å². The quantitative estimate of drug-likeness (QED) is 0.380. The summed E-state index contributed by atoms with van der Waals surface area (Å²) in [6.45, 7) is 2.90. The summed E-state index contributed by atoms with van der Waals surface area (Å²) in [6.07, 6.45) is 5.05. The number of nitrogens with zero attached hydrogens (tertiary/aromatic N) is 6. The fourth-order valence-corrected chi connectivity index (χ4v) is 4.18. The Balaban J connectivity index is 1.58. The van der Waals surface area contributed by atoms with Gasteiger partial charge in [0.05, 0.1) is 0 Å². The molecule has 0 spiro atoms. The lowest BCUT2D eigenvalue weighted by Gasteiger charge is -2.09. The van der Waals surface area contributed by atoms with Gasteiger partial charge in [-0.3, -0.25) is 4.98 Å². The summed E-state index contributed by atoms with van der Waals surface area (Å²) in [7, 11) is 1.80. The zero-order chi connectivity index (χ0) is 21.8. The second-order valence-electron chi connectivity index (χ2n) is 7.68. The lowest BCUT2D eigenvalue weighted by Crippen LogP contribution is -2.07. The third-order valence-corrected chi connectivity index (χ3v) is 6.12. The Hall–Kier alpha value is -2.88. The molecule has 0 bridgehead atoms. The van der Waals surface area contributed by atoms with E-state index < -0.39 is 5.92 Å². The van der Waals surface area contributed by atoms with Crippen LogP contribution in [0, 0.1) is 0 Å². The molecule has 0 atom stereocenters. The molecule has 0 aromatic carbocycles. The number of pyridine rings is 2. The molecular formula is C21H20F2N6OS. The van der Waals surface area contributed by atoms with Crippen LogP contribution in [-0.2, 0) is 13.0 Å². The maximum Gasteiger partial charge on any atom is 0.272 e. The van der Waals surface area contributed by atoms with Crippen molar-refractivity contribution in [3.05, 3.63) is 36.0 Å². The van der Waals surface area contributed by atoms with E-state index in [1.807, 2.05) is 13.0 Å². The van der Waals surface area contributed by atoms with Crippen molar-refractivity contribution >= 4 is 22.9 Å². The second-order valence-corrected chi connectivity index (χ2v) is 8.99. The van der Waals surface area contributed by atoms with Gasteiger partial charge in [0.15, 0.2) is 11.5 Å². The molecule has 31 heavy (non-hydrogen) atoms. The van der Waals surface area contributed by atoms with E-state index in [2.05, 4.69) is 25.1 Å². The summed E-state index contributed by atoms with van der Waals surface area (Å²) in [6, 6.07) is 3.35. The predicted molar refractivity (Wildman–Crippen MR) is 113 cm³/mol. The zero-order valence-corrected chi connectivity index (χ0v) is 18.1. The van der Waals surface area contributed by atoms with Gasteiger partial charge < -0.3 is 9.09 Å². The summed E-state index contributed by atoms with van der Waals surface area (Å²) in [4.78, 5) is 18.8. The molecule has 0 radical (unpaired) electrons. The van der Waals surface area contributed by atoms with Gasteiger partial charge in [0.25, 0.3) is 5.92 Å². The predicted octanol–water partition coefficient (Wildman–Crippen LogP) is 5.18. The topological polar surface area (TPSA) is 82.5 Å². The largest absolute Gasteiger partial charge is 0.339 e. The first-order valence-electron chi connectivity index (χ1n) is 10.0. The van der Waals surface area contributed by atoms with E-state index in [1.165, 1.54) is 12.3 Å². The molecule has 0 saturated heterocycles. The van der Waals surface area contributed by atoms with E-state index >= 15 is 0 Å². The van der Waals surface area contributed by atoms with Gasteiger partial charge in [-0.1, -0.05) is 12.1 Å². The van der Waals surface area contributed by atoms with E-state index in [0.29, 0.717) is 40.3 Å². The van der Waals surface area contributed by atoms with Crippen LogP contribution in [0.5, 0.6) is 0 Å². The van der Waals surface area contributed by atoms with Crippen LogP contribution in [-0.4, -0.2) is 35.4 Å². The molecule has 0 aliphatic heterocycles. The number of rotatable bonds is 6. The Labute approximate surface area is 181 Å². The second kappa shape index (κ2) is 7.37. The number of halogens is 2. The molecule has 1 aliphatic carbocycles. The van der Waals surface area contributed by atoms with Crippen molar-refractivity contribution in [2.24, 2.45) is 7.05 Å². The smallest absolute Gasteiger partial charge is 0.272 e. The fraction of sp³-hybridized carbons (Fsp3) is 0.381. The number of alkyl halides is 2. The highest BCUT2D eigenvalue weighted by molar-refractivity contribution is 7.99. The number of imidazole rings is 1. The Morgan fingerprint density at radius 1 is 1.19 bits per heavy atom. The molecule has 1 aliphatic rings. The van der Waals surface area contributed by atoms with Crippen LogP contribution in [0.4, 0.5) is 8.78 Å². The average molecular weight is 442 g/mol. The van der Waals surface area contributed by atoms with Crippen LogP contribution in [0.2, 0.25) is 0 Å². The maximum atomic E-state index is 13.7. The lowest BCUT2D eigenvalue weighted by atomic mass is 10.2. The number of hydrogen-bond donors (Lipinski definition) is 0. The summed E-state index contributed by atoms with van der Waals surface area (Å²) in [5.41, 5.74) is 2.18. The van der Waals surface area contributed by atoms with E-state index in [9.17, 15) is 8.78 Å². The van der Waals surface area contributed by atoms with Gasteiger partial charge >= 0.3 is 0 Å². The van der Waals surface area contributed by atoms with Gasteiger partial charge in [-0.15, -0.1) is 11.8 Å². The van der Waals surface area contributed by atoms with Crippen LogP contribution in [0.15, 0.2) is 33.9 Å². The molecule has 4 aromatic heterocycles. The van der Waals surface area contributed by atoms with Gasteiger partial charge in [0.2, 0.25) is 11.7 Å². The molecule has 4 heterocycles. The minimum absolute atomic E-state index is 0.167. The van der Waals surface area contributed by atoms with Crippen molar-refractivity contribution in [2.75, 3.05) is 5.75 Å². The van der Waals surface area contributed by atoms with E-state index in [-0.39, 0.29) is 5.56 Å². The molecule has 160 valence electrons. The molecule has 0 N–H and O–H groups in total. The Bertz CT molecular complexity index is 1270. The first-order valence-corrected chi connectivity index (χ1v) is 11.0. The molecule has 1 fully saturated rings. The number of fused-ring (bicyclic) bond motifs is 1. The van der Waals surface area contributed by atoms with Gasteiger partial charge in [-0.05, 0) is 30.7 Å². The number of aromatic nitrogens is 6. The van der Waals surface area contributed by atoms with Crippen LogP contribution >= 0.6 is 11.8 Å². The minimum atomic E-state index is -2.98. The van der Waals surface area contributed by atoms with Gasteiger partial charge in [0.1, 0.15) is 11.2 Å². The first kappa shape index (κ1) is 20.0. The summed E-state index contributed by atoms with van der Waals surface area (Å²) in [5.74, 6) is -0.0220. The van der Waals surface area contributed by atoms with Gasteiger partial charge in [0, 0.05) is 48.3 Å². The number of hydrogen-bond acceptors (Lipinski definition) is 7.